The van der Waals surface area contributed by atoms with E-state index in [1.807, 2.05) is 0 Å². The number of carbonyl (C=O) groups excluding carboxylic acids is 1. The highest BCUT2D eigenvalue weighted by Crippen LogP contribution is 2.34. The van der Waals surface area contributed by atoms with Crippen LogP contribution >= 0.6 is 0 Å². The molecule has 1 amide bonds. The number of rotatable bonds is 6. The van der Waals surface area contributed by atoms with Crippen molar-refractivity contribution in [3.63, 3.8) is 0 Å². The summed E-state index contributed by atoms with van der Waals surface area (Å²) in [7, 11) is 0. The zero-order valence-corrected chi connectivity index (χ0v) is 15.0. The summed E-state index contributed by atoms with van der Waals surface area (Å²) in [6, 6.07) is 6.20. The van der Waals surface area contributed by atoms with Gasteiger partial charge in [0.25, 0.3) is 5.91 Å². The van der Waals surface area contributed by atoms with Crippen LogP contribution in [0.5, 0.6) is 0 Å². The van der Waals surface area contributed by atoms with Crippen molar-refractivity contribution in [3.05, 3.63) is 47.9 Å². The van der Waals surface area contributed by atoms with Crippen LogP contribution in [0.3, 0.4) is 0 Å². The van der Waals surface area contributed by atoms with E-state index in [9.17, 15) is 18.0 Å². The van der Waals surface area contributed by atoms with Gasteiger partial charge in [0.2, 0.25) is 0 Å². The van der Waals surface area contributed by atoms with Crippen LogP contribution in [0, 0.1) is 0 Å². The van der Waals surface area contributed by atoms with Crippen LogP contribution in [-0.2, 0) is 10.9 Å². The second-order valence-electron chi connectivity index (χ2n) is 6.17. The molecule has 1 saturated heterocycles. The van der Waals surface area contributed by atoms with Crippen molar-refractivity contribution in [2.75, 3.05) is 50.0 Å². The van der Waals surface area contributed by atoms with Gasteiger partial charge in [-0.15, -0.1) is 0 Å². The molecule has 1 aliphatic rings. The molecular weight excluding hydrogens is 375 g/mol. The number of hydrogen-bond donors (Lipinski definition) is 2. The van der Waals surface area contributed by atoms with Gasteiger partial charge in [0.1, 0.15) is 17.8 Å². The molecule has 10 heteroatoms. The topological polar surface area (TPSA) is 79.4 Å². The first-order valence-corrected chi connectivity index (χ1v) is 8.77. The molecule has 1 fully saturated rings. The van der Waals surface area contributed by atoms with Crippen molar-refractivity contribution in [2.45, 2.75) is 6.18 Å². The number of benzene rings is 1. The maximum atomic E-state index is 13.1. The van der Waals surface area contributed by atoms with Gasteiger partial charge in [-0.25, -0.2) is 9.97 Å². The number of hydrogen-bond acceptors (Lipinski definition) is 6. The predicted octanol–water partition coefficient (Wildman–Crippen LogP) is 2.49. The fourth-order valence-electron chi connectivity index (χ4n) is 2.77. The van der Waals surface area contributed by atoms with Gasteiger partial charge in [-0.1, -0.05) is 12.1 Å². The van der Waals surface area contributed by atoms with E-state index in [2.05, 4.69) is 25.5 Å². The molecule has 0 bridgehead atoms. The number of amides is 1. The van der Waals surface area contributed by atoms with E-state index in [0.29, 0.717) is 25.6 Å². The highest BCUT2D eigenvalue weighted by molar-refractivity contribution is 6.03. The minimum Gasteiger partial charge on any atom is -0.379 e. The molecule has 1 aromatic heterocycles. The summed E-state index contributed by atoms with van der Waals surface area (Å²) >= 11 is 0. The largest absolute Gasteiger partial charge is 0.418 e. The quantitative estimate of drug-likeness (QED) is 0.783. The van der Waals surface area contributed by atoms with Crippen molar-refractivity contribution in [3.8, 4) is 0 Å². The maximum absolute atomic E-state index is 13.1. The number of ether oxygens (including phenoxy) is 1. The molecule has 1 aromatic carbocycles. The number of carbonyl (C=O) groups is 1. The first-order chi connectivity index (χ1) is 13.4. The number of halogens is 3. The number of nitrogens with one attached hydrogen (secondary N) is 2. The van der Waals surface area contributed by atoms with Gasteiger partial charge in [-0.3, -0.25) is 9.69 Å². The van der Waals surface area contributed by atoms with Crippen LogP contribution in [0.25, 0.3) is 0 Å². The third-order valence-electron chi connectivity index (χ3n) is 4.22. The predicted molar refractivity (Wildman–Crippen MR) is 97.2 cm³/mol. The average molecular weight is 395 g/mol. The molecule has 0 saturated carbocycles. The third-order valence-corrected chi connectivity index (χ3v) is 4.22. The summed E-state index contributed by atoms with van der Waals surface area (Å²) in [6.45, 7) is 4.52. The van der Waals surface area contributed by atoms with Crippen molar-refractivity contribution < 1.29 is 22.7 Å². The molecule has 3 rings (SSSR count). The Labute approximate surface area is 159 Å². The van der Waals surface area contributed by atoms with Crippen LogP contribution in [0.1, 0.15) is 16.1 Å². The summed E-state index contributed by atoms with van der Waals surface area (Å²) < 4.78 is 44.5. The van der Waals surface area contributed by atoms with E-state index < -0.39 is 17.6 Å². The Morgan fingerprint density at radius 2 is 1.93 bits per heavy atom. The number of anilines is 2. The molecule has 2 aromatic rings. The molecular formula is C18H20F3N5O2. The van der Waals surface area contributed by atoms with E-state index in [-0.39, 0.29) is 11.4 Å². The summed E-state index contributed by atoms with van der Waals surface area (Å²) in [5.41, 5.74) is -1.26. The Morgan fingerprint density at radius 3 is 2.68 bits per heavy atom. The average Bonchev–Trinajstić information content (AvgIpc) is 2.69. The second kappa shape index (κ2) is 8.98. The molecule has 0 unspecified atom stereocenters. The number of alkyl halides is 3. The van der Waals surface area contributed by atoms with E-state index in [0.717, 1.165) is 25.7 Å². The Morgan fingerprint density at radius 1 is 1.18 bits per heavy atom. The Hall–Kier alpha value is -2.72. The van der Waals surface area contributed by atoms with Crippen molar-refractivity contribution in [1.29, 1.82) is 0 Å². The van der Waals surface area contributed by atoms with Gasteiger partial charge in [-0.2, -0.15) is 13.2 Å². The molecule has 0 aliphatic carbocycles. The normalized spacial score (nSPS) is 15.2. The highest BCUT2D eigenvalue weighted by Gasteiger charge is 2.33. The smallest absolute Gasteiger partial charge is 0.379 e. The molecule has 1 aliphatic heterocycles. The summed E-state index contributed by atoms with van der Waals surface area (Å²) in [5.74, 6) is -0.312. The third kappa shape index (κ3) is 5.40. The van der Waals surface area contributed by atoms with Crippen LogP contribution < -0.4 is 10.6 Å². The molecule has 2 heterocycles. The minimum absolute atomic E-state index is 0.0270. The number of morpholine rings is 1. The first kappa shape index (κ1) is 20.0. The number of nitrogens with zero attached hydrogens (tertiary/aromatic N) is 3. The Bertz CT molecular complexity index is 810. The fraction of sp³-hybridized carbons (Fsp3) is 0.389. The zero-order valence-electron chi connectivity index (χ0n) is 15.0. The standard InChI is InChI=1S/C18H20F3N5O2/c19-18(20,21)13-3-1-2-4-14(13)25-17(27)15-11-16(24-12-23-15)22-5-6-26-7-9-28-10-8-26/h1-4,11-12H,5-10H2,(H,25,27)(H,22,23,24). The molecule has 0 spiro atoms. The Kier molecular flexibility index (Phi) is 6.42. The van der Waals surface area contributed by atoms with Crippen LogP contribution in [0.2, 0.25) is 0 Å². The number of para-hydroxylation sites is 1. The first-order valence-electron chi connectivity index (χ1n) is 8.77. The van der Waals surface area contributed by atoms with Crippen molar-refractivity contribution in [2.24, 2.45) is 0 Å². The van der Waals surface area contributed by atoms with Gasteiger partial charge in [0.05, 0.1) is 24.5 Å². The highest BCUT2D eigenvalue weighted by atomic mass is 19.4. The van der Waals surface area contributed by atoms with E-state index in [1.165, 1.54) is 30.6 Å². The van der Waals surface area contributed by atoms with Crippen molar-refractivity contribution >= 4 is 17.4 Å². The van der Waals surface area contributed by atoms with Crippen LogP contribution in [-0.4, -0.2) is 60.2 Å². The maximum Gasteiger partial charge on any atom is 0.418 e. The lowest BCUT2D eigenvalue weighted by Gasteiger charge is -2.26. The van der Waals surface area contributed by atoms with Crippen molar-refractivity contribution in [1.82, 2.24) is 14.9 Å². The lowest BCUT2D eigenvalue weighted by Crippen LogP contribution is -2.39. The van der Waals surface area contributed by atoms with Crippen LogP contribution in [0.15, 0.2) is 36.7 Å². The van der Waals surface area contributed by atoms with E-state index in [1.54, 1.807) is 0 Å². The van der Waals surface area contributed by atoms with Gasteiger partial charge < -0.3 is 15.4 Å². The molecule has 0 radical (unpaired) electrons. The Balaban J connectivity index is 1.61. The minimum atomic E-state index is -4.57. The summed E-state index contributed by atoms with van der Waals surface area (Å²) in [4.78, 5) is 22.5. The molecule has 7 nitrogen and oxygen atoms in total. The SMILES string of the molecule is O=C(Nc1ccccc1C(F)(F)F)c1cc(NCCN2CCOCC2)ncn1. The van der Waals surface area contributed by atoms with E-state index in [4.69, 9.17) is 4.74 Å². The van der Waals surface area contributed by atoms with Crippen LogP contribution in [0.4, 0.5) is 24.7 Å². The summed E-state index contributed by atoms with van der Waals surface area (Å²) in [5, 5.41) is 5.36. The lowest BCUT2D eigenvalue weighted by atomic mass is 10.1. The van der Waals surface area contributed by atoms with Gasteiger partial charge >= 0.3 is 6.18 Å². The van der Waals surface area contributed by atoms with Gasteiger partial charge in [-0.05, 0) is 12.1 Å². The number of aromatic nitrogens is 2. The monoisotopic (exact) mass is 395 g/mol. The van der Waals surface area contributed by atoms with E-state index >= 15 is 0 Å². The molecule has 2 N–H and O–H groups in total. The molecule has 28 heavy (non-hydrogen) atoms. The molecule has 0 atom stereocenters. The molecule has 150 valence electrons. The van der Waals surface area contributed by atoms with Gasteiger partial charge in [0, 0.05) is 32.2 Å². The lowest BCUT2D eigenvalue weighted by molar-refractivity contribution is -0.136. The zero-order chi connectivity index (χ0) is 20.0. The fourth-order valence-corrected chi connectivity index (χ4v) is 2.77. The second-order valence-corrected chi connectivity index (χ2v) is 6.17. The summed E-state index contributed by atoms with van der Waals surface area (Å²) in [6.07, 6.45) is -3.37. The van der Waals surface area contributed by atoms with Gasteiger partial charge in [0.15, 0.2) is 0 Å².